The molecular formula is C19H19N5O. The third-order valence-electron chi connectivity index (χ3n) is 4.54. The molecule has 25 heavy (non-hydrogen) atoms. The lowest BCUT2D eigenvalue weighted by Gasteiger charge is -2.24. The highest BCUT2D eigenvalue weighted by Gasteiger charge is 2.26. The molecule has 0 radical (unpaired) electrons. The maximum atomic E-state index is 12.4. The highest BCUT2D eigenvalue weighted by atomic mass is 16.1. The Bertz CT molecular complexity index is 860. The number of hydrogen-bond acceptors (Lipinski definition) is 4. The number of rotatable bonds is 4. The van der Waals surface area contributed by atoms with Crippen molar-refractivity contribution in [1.29, 1.82) is 0 Å². The molecule has 126 valence electrons. The van der Waals surface area contributed by atoms with Crippen LogP contribution in [0.1, 0.15) is 46.2 Å². The van der Waals surface area contributed by atoms with Gasteiger partial charge in [0.2, 0.25) is 0 Å². The molecule has 6 nitrogen and oxygen atoms in total. The van der Waals surface area contributed by atoms with Crippen LogP contribution in [0.3, 0.4) is 0 Å². The van der Waals surface area contributed by atoms with Crippen molar-refractivity contribution in [1.82, 2.24) is 25.1 Å². The molecule has 1 unspecified atom stereocenters. The Morgan fingerprint density at radius 2 is 2.08 bits per heavy atom. The number of nitrogens with zero attached hydrogens (tertiary/aromatic N) is 4. The minimum atomic E-state index is -0.193. The number of benzene rings is 1. The minimum absolute atomic E-state index is 0.0252. The fourth-order valence-electron chi connectivity index (χ4n) is 3.31. The molecule has 2 aromatic heterocycles. The van der Waals surface area contributed by atoms with Gasteiger partial charge >= 0.3 is 0 Å². The molecule has 0 aliphatic heterocycles. The molecule has 3 aromatic rings. The molecule has 1 aromatic carbocycles. The van der Waals surface area contributed by atoms with Crippen molar-refractivity contribution in [2.75, 3.05) is 0 Å². The van der Waals surface area contributed by atoms with E-state index in [-0.39, 0.29) is 11.9 Å². The number of carbonyl (C=O) groups is 1. The van der Waals surface area contributed by atoms with Gasteiger partial charge in [-0.05, 0) is 24.8 Å². The van der Waals surface area contributed by atoms with Gasteiger partial charge in [-0.1, -0.05) is 30.3 Å². The first-order chi connectivity index (χ1) is 12.3. The largest absolute Gasteiger partial charge is 0.344 e. The van der Waals surface area contributed by atoms with Crippen LogP contribution >= 0.6 is 0 Å². The lowest BCUT2D eigenvalue weighted by Crippen LogP contribution is -2.31. The quantitative estimate of drug-likeness (QED) is 0.796. The molecule has 1 N–H and O–H groups in total. The summed E-state index contributed by atoms with van der Waals surface area (Å²) in [6.45, 7) is 0.751. The first-order valence-corrected chi connectivity index (χ1v) is 8.46. The molecule has 6 heteroatoms. The minimum Gasteiger partial charge on any atom is -0.344 e. The number of carbonyl (C=O) groups excluding carboxylic acids is 1. The van der Waals surface area contributed by atoms with E-state index in [9.17, 15) is 4.79 Å². The van der Waals surface area contributed by atoms with E-state index in [2.05, 4.69) is 32.5 Å². The van der Waals surface area contributed by atoms with Crippen LogP contribution in [0, 0.1) is 0 Å². The molecule has 1 aliphatic rings. The third kappa shape index (κ3) is 3.28. The standard InChI is InChI=1S/C19H19N5O/c25-19(17-12-20-9-10-21-17)23-16-7-4-8-18-15(16)11-22-24(18)13-14-5-2-1-3-6-14/h1-3,5-6,9-12,16H,4,7-8,13H2,(H,23,25). The number of fused-ring (bicyclic) bond motifs is 1. The van der Waals surface area contributed by atoms with Crippen LogP contribution in [0.4, 0.5) is 0 Å². The van der Waals surface area contributed by atoms with Crippen LogP contribution in [0.15, 0.2) is 55.1 Å². The summed E-state index contributed by atoms with van der Waals surface area (Å²) in [6, 6.07) is 10.3. The lowest BCUT2D eigenvalue weighted by atomic mass is 9.92. The molecule has 0 bridgehead atoms. The van der Waals surface area contributed by atoms with Crippen LogP contribution in [0.25, 0.3) is 0 Å². The van der Waals surface area contributed by atoms with Gasteiger partial charge in [-0.25, -0.2) is 4.98 Å². The van der Waals surface area contributed by atoms with Crippen molar-refractivity contribution < 1.29 is 4.79 Å². The van der Waals surface area contributed by atoms with Gasteiger partial charge in [0.1, 0.15) is 5.69 Å². The second-order valence-corrected chi connectivity index (χ2v) is 6.20. The molecule has 0 saturated carbocycles. The van der Waals surface area contributed by atoms with Crippen molar-refractivity contribution in [2.45, 2.75) is 31.8 Å². The average Bonchev–Trinajstić information content (AvgIpc) is 3.07. The second-order valence-electron chi connectivity index (χ2n) is 6.20. The molecule has 0 spiro atoms. The molecule has 2 heterocycles. The number of aromatic nitrogens is 4. The van der Waals surface area contributed by atoms with Crippen molar-refractivity contribution in [3.63, 3.8) is 0 Å². The Morgan fingerprint density at radius 3 is 2.88 bits per heavy atom. The maximum Gasteiger partial charge on any atom is 0.271 e. The predicted octanol–water partition coefficient (Wildman–Crippen LogP) is 2.53. The van der Waals surface area contributed by atoms with E-state index in [0.717, 1.165) is 31.4 Å². The highest BCUT2D eigenvalue weighted by molar-refractivity contribution is 5.92. The van der Waals surface area contributed by atoms with Crippen molar-refractivity contribution in [3.8, 4) is 0 Å². The van der Waals surface area contributed by atoms with Crippen LogP contribution in [-0.2, 0) is 13.0 Å². The Hall–Kier alpha value is -3.02. The Labute approximate surface area is 145 Å². The third-order valence-corrected chi connectivity index (χ3v) is 4.54. The van der Waals surface area contributed by atoms with E-state index in [4.69, 9.17) is 0 Å². The summed E-state index contributed by atoms with van der Waals surface area (Å²) in [5.41, 5.74) is 3.88. The average molecular weight is 333 g/mol. The second kappa shape index (κ2) is 6.84. The smallest absolute Gasteiger partial charge is 0.271 e. The maximum absolute atomic E-state index is 12.4. The Kier molecular flexibility index (Phi) is 4.24. The topological polar surface area (TPSA) is 72.7 Å². The summed E-state index contributed by atoms with van der Waals surface area (Å²) in [5, 5.41) is 7.63. The highest BCUT2D eigenvalue weighted by Crippen LogP contribution is 2.30. The van der Waals surface area contributed by atoms with Crippen molar-refractivity contribution in [2.24, 2.45) is 0 Å². The normalized spacial score (nSPS) is 16.2. The summed E-state index contributed by atoms with van der Waals surface area (Å²) < 4.78 is 2.05. The summed E-state index contributed by atoms with van der Waals surface area (Å²) >= 11 is 0. The van der Waals surface area contributed by atoms with Crippen molar-refractivity contribution >= 4 is 5.91 Å². The monoisotopic (exact) mass is 333 g/mol. The van der Waals surface area contributed by atoms with Crippen LogP contribution in [0.5, 0.6) is 0 Å². The van der Waals surface area contributed by atoms with Gasteiger partial charge < -0.3 is 5.32 Å². The number of amides is 1. The zero-order valence-electron chi connectivity index (χ0n) is 13.8. The zero-order valence-corrected chi connectivity index (χ0v) is 13.8. The van der Waals surface area contributed by atoms with Crippen molar-refractivity contribution in [3.05, 3.63) is 77.6 Å². The molecule has 0 fully saturated rings. The first kappa shape index (κ1) is 15.5. The van der Waals surface area contributed by atoms with E-state index < -0.39 is 0 Å². The Morgan fingerprint density at radius 1 is 1.20 bits per heavy atom. The summed E-state index contributed by atoms with van der Waals surface area (Å²) in [7, 11) is 0. The van der Waals surface area contributed by atoms with Gasteiger partial charge in [-0.3, -0.25) is 14.5 Å². The number of nitrogens with one attached hydrogen (secondary N) is 1. The van der Waals surface area contributed by atoms with Gasteiger partial charge in [0.05, 0.1) is 25.0 Å². The summed E-state index contributed by atoms with van der Waals surface area (Å²) in [6.07, 6.45) is 9.38. The van der Waals surface area contributed by atoms with Gasteiger partial charge in [-0.15, -0.1) is 0 Å². The lowest BCUT2D eigenvalue weighted by molar-refractivity contribution is 0.0927. The number of hydrogen-bond donors (Lipinski definition) is 1. The fourth-order valence-corrected chi connectivity index (χ4v) is 3.31. The zero-order chi connectivity index (χ0) is 17.1. The Balaban J connectivity index is 1.54. The molecular weight excluding hydrogens is 314 g/mol. The van der Waals surface area contributed by atoms with Gasteiger partial charge in [-0.2, -0.15) is 5.10 Å². The van der Waals surface area contributed by atoms with Crippen LogP contribution in [-0.4, -0.2) is 25.7 Å². The molecule has 1 aliphatic carbocycles. The molecule has 1 atom stereocenters. The summed E-state index contributed by atoms with van der Waals surface area (Å²) in [5.74, 6) is -0.193. The van der Waals surface area contributed by atoms with Crippen LogP contribution < -0.4 is 5.32 Å². The van der Waals surface area contributed by atoms with Gasteiger partial charge in [0, 0.05) is 23.7 Å². The van der Waals surface area contributed by atoms with Gasteiger partial charge in [0.15, 0.2) is 0 Å². The predicted molar refractivity (Wildman–Crippen MR) is 92.9 cm³/mol. The first-order valence-electron chi connectivity index (χ1n) is 8.46. The fraction of sp³-hybridized carbons (Fsp3) is 0.263. The summed E-state index contributed by atoms with van der Waals surface area (Å²) in [4.78, 5) is 20.4. The molecule has 1 amide bonds. The van der Waals surface area contributed by atoms with E-state index >= 15 is 0 Å². The van der Waals surface area contributed by atoms with Crippen LogP contribution in [0.2, 0.25) is 0 Å². The van der Waals surface area contributed by atoms with E-state index in [1.54, 1.807) is 6.20 Å². The van der Waals surface area contributed by atoms with Gasteiger partial charge in [0.25, 0.3) is 5.91 Å². The molecule has 0 saturated heterocycles. The molecule has 4 rings (SSSR count). The van der Waals surface area contributed by atoms with E-state index in [1.165, 1.54) is 23.7 Å². The van der Waals surface area contributed by atoms with E-state index in [1.807, 2.05) is 29.1 Å². The SMILES string of the molecule is O=C(NC1CCCc2c1cnn2Cc1ccccc1)c1cnccn1. The van der Waals surface area contributed by atoms with E-state index in [0.29, 0.717) is 5.69 Å².